The zero-order valence-corrected chi connectivity index (χ0v) is 18.6. The fourth-order valence-electron chi connectivity index (χ4n) is 4.05. The van der Waals surface area contributed by atoms with Crippen LogP contribution in [-0.2, 0) is 17.4 Å². The van der Waals surface area contributed by atoms with Crippen molar-refractivity contribution in [1.29, 1.82) is 0 Å². The Kier molecular flexibility index (Phi) is 5.90. The summed E-state index contributed by atoms with van der Waals surface area (Å²) in [5.41, 5.74) is 3.64. The van der Waals surface area contributed by atoms with E-state index in [4.69, 9.17) is 4.74 Å². The molecule has 0 bridgehead atoms. The fraction of sp³-hybridized carbons (Fsp3) is 0.364. The van der Waals surface area contributed by atoms with Crippen LogP contribution in [-0.4, -0.2) is 33.7 Å². The number of nitrogens with zero attached hydrogens (tertiary/aromatic N) is 1. The lowest BCUT2D eigenvalue weighted by Gasteiger charge is -2.31. The number of aryl methyl sites for hydroxylation is 1. The Hall–Kier alpha value is -1.63. The van der Waals surface area contributed by atoms with Gasteiger partial charge in [0.1, 0.15) is 16.7 Å². The van der Waals surface area contributed by atoms with Gasteiger partial charge in [-0.25, -0.2) is 8.51 Å². The number of ether oxygens (including phenoxy) is 1. The van der Waals surface area contributed by atoms with Crippen LogP contribution in [0, 0.1) is 0 Å². The molecule has 0 radical (unpaired) electrons. The lowest BCUT2D eigenvalue weighted by Crippen LogP contribution is -2.34. The van der Waals surface area contributed by atoms with Gasteiger partial charge in [-0.05, 0) is 72.7 Å². The van der Waals surface area contributed by atoms with E-state index >= 15 is 0 Å². The second-order valence-corrected chi connectivity index (χ2v) is 9.58. The minimum absolute atomic E-state index is 0.477. The van der Waals surface area contributed by atoms with Gasteiger partial charge in [-0.1, -0.05) is 22.9 Å². The molecule has 1 saturated heterocycles. The second-order valence-electron chi connectivity index (χ2n) is 7.21. The molecular formula is C22H25BrN2O2S. The molecular weight excluding hydrogens is 436 g/mol. The van der Waals surface area contributed by atoms with E-state index in [9.17, 15) is 4.21 Å². The number of methoxy groups -OCH3 is 1. The Morgan fingerprint density at radius 1 is 1.21 bits per heavy atom. The summed E-state index contributed by atoms with van der Waals surface area (Å²) in [6, 6.07) is 12.2. The first-order valence-corrected chi connectivity index (χ1v) is 11.6. The van der Waals surface area contributed by atoms with Gasteiger partial charge in [0.05, 0.1) is 12.0 Å². The van der Waals surface area contributed by atoms with E-state index in [0.717, 1.165) is 58.5 Å². The van der Waals surface area contributed by atoms with Crippen LogP contribution in [0.4, 0.5) is 0 Å². The maximum atomic E-state index is 13.2. The van der Waals surface area contributed by atoms with Crippen LogP contribution < -0.4 is 4.74 Å². The number of fused-ring (bicyclic) bond motifs is 1. The van der Waals surface area contributed by atoms with Crippen molar-refractivity contribution >= 4 is 37.8 Å². The summed E-state index contributed by atoms with van der Waals surface area (Å²) < 4.78 is 21.7. The number of halogens is 1. The Labute approximate surface area is 177 Å². The molecule has 1 atom stereocenters. The first-order valence-electron chi connectivity index (χ1n) is 9.71. The van der Waals surface area contributed by atoms with Gasteiger partial charge in [0.2, 0.25) is 0 Å². The van der Waals surface area contributed by atoms with Crippen molar-refractivity contribution in [2.24, 2.45) is 0 Å². The van der Waals surface area contributed by atoms with Gasteiger partial charge < -0.3 is 9.72 Å². The van der Waals surface area contributed by atoms with Crippen LogP contribution in [0.3, 0.4) is 0 Å². The first kappa shape index (κ1) is 19.7. The minimum atomic E-state index is -1.10. The smallest absolute Gasteiger partial charge is 0.127 e. The lowest BCUT2D eigenvalue weighted by atomic mass is 9.90. The van der Waals surface area contributed by atoms with Crippen LogP contribution in [0.15, 0.2) is 52.0 Å². The molecule has 4 rings (SSSR count). The van der Waals surface area contributed by atoms with Crippen molar-refractivity contribution in [2.75, 3.05) is 20.2 Å². The second kappa shape index (κ2) is 8.39. The molecule has 2 aromatic carbocycles. The lowest BCUT2D eigenvalue weighted by molar-refractivity contribution is 0.335. The molecule has 1 aliphatic rings. The summed E-state index contributed by atoms with van der Waals surface area (Å²) in [6.45, 7) is 3.79. The highest BCUT2D eigenvalue weighted by atomic mass is 79.9. The standard InChI is InChI=1S/C22H25BrN2O2S/c1-3-15-12-17(23)4-7-22(15)28(26)25-10-8-16(9-11-25)20-14-24-21-6-5-18(27-2)13-19(20)21/h4-7,12-14,16,24H,3,8-11H2,1-2H3. The molecule has 0 saturated carbocycles. The highest BCUT2D eigenvalue weighted by Crippen LogP contribution is 2.35. The van der Waals surface area contributed by atoms with Crippen LogP contribution in [0.25, 0.3) is 10.9 Å². The molecule has 1 N–H and O–H groups in total. The highest BCUT2D eigenvalue weighted by Gasteiger charge is 2.27. The topological polar surface area (TPSA) is 45.3 Å². The van der Waals surface area contributed by atoms with E-state index in [1.165, 1.54) is 10.9 Å². The van der Waals surface area contributed by atoms with Crippen molar-refractivity contribution in [3.63, 3.8) is 0 Å². The molecule has 148 valence electrons. The van der Waals surface area contributed by atoms with Gasteiger partial charge in [0, 0.05) is 34.7 Å². The predicted molar refractivity (Wildman–Crippen MR) is 118 cm³/mol. The molecule has 1 aliphatic heterocycles. The maximum Gasteiger partial charge on any atom is 0.127 e. The third-order valence-corrected chi connectivity index (χ3v) is 7.74. The first-order chi connectivity index (χ1) is 13.6. The third-order valence-electron chi connectivity index (χ3n) is 5.64. The molecule has 1 aromatic heterocycles. The van der Waals surface area contributed by atoms with Crippen molar-refractivity contribution in [3.8, 4) is 5.75 Å². The van der Waals surface area contributed by atoms with Crippen LogP contribution >= 0.6 is 15.9 Å². The number of benzene rings is 2. The van der Waals surface area contributed by atoms with Crippen molar-refractivity contribution < 1.29 is 8.95 Å². The van der Waals surface area contributed by atoms with E-state index in [-0.39, 0.29) is 0 Å². The van der Waals surface area contributed by atoms with E-state index in [2.05, 4.69) is 56.5 Å². The van der Waals surface area contributed by atoms with Crippen LogP contribution in [0.2, 0.25) is 0 Å². The van der Waals surface area contributed by atoms with Gasteiger partial charge >= 0.3 is 0 Å². The Morgan fingerprint density at radius 2 is 2.00 bits per heavy atom. The zero-order chi connectivity index (χ0) is 19.7. The van der Waals surface area contributed by atoms with Gasteiger partial charge in [-0.3, -0.25) is 0 Å². The summed E-state index contributed by atoms with van der Waals surface area (Å²) in [5, 5.41) is 1.24. The molecule has 3 aromatic rings. The predicted octanol–water partition coefficient (Wildman–Crippen LogP) is 5.40. The third kappa shape index (κ3) is 3.78. The SMILES string of the molecule is CCc1cc(Br)ccc1S(=O)N1CCC(c2c[nH]c3ccc(OC)cc23)CC1. The van der Waals surface area contributed by atoms with Crippen molar-refractivity contribution in [1.82, 2.24) is 9.29 Å². The number of rotatable bonds is 5. The Balaban J connectivity index is 1.50. The Bertz CT molecular complexity index is 1010. The number of aromatic nitrogens is 1. The molecule has 4 nitrogen and oxygen atoms in total. The van der Waals surface area contributed by atoms with E-state index in [1.54, 1.807) is 7.11 Å². The molecule has 1 fully saturated rings. The Morgan fingerprint density at radius 3 is 2.71 bits per heavy atom. The zero-order valence-electron chi connectivity index (χ0n) is 16.2. The number of hydrogen-bond acceptors (Lipinski definition) is 2. The minimum Gasteiger partial charge on any atom is -0.497 e. The summed E-state index contributed by atoms with van der Waals surface area (Å²) in [4.78, 5) is 4.33. The van der Waals surface area contributed by atoms with Crippen molar-refractivity contribution in [3.05, 3.63) is 58.2 Å². The van der Waals surface area contributed by atoms with E-state index in [1.807, 2.05) is 18.2 Å². The van der Waals surface area contributed by atoms with Crippen molar-refractivity contribution in [2.45, 2.75) is 37.0 Å². The van der Waals surface area contributed by atoms with Gasteiger partial charge in [-0.15, -0.1) is 0 Å². The molecule has 0 amide bonds. The summed E-state index contributed by atoms with van der Waals surface area (Å²) in [6.07, 6.45) is 5.03. The normalized spacial score (nSPS) is 17.1. The monoisotopic (exact) mass is 460 g/mol. The van der Waals surface area contributed by atoms with Crippen LogP contribution in [0.1, 0.15) is 36.8 Å². The number of aromatic amines is 1. The number of piperidine rings is 1. The van der Waals surface area contributed by atoms with E-state index in [0.29, 0.717) is 5.92 Å². The molecule has 28 heavy (non-hydrogen) atoms. The average Bonchev–Trinajstić information content (AvgIpc) is 3.16. The molecule has 0 aliphatic carbocycles. The number of H-pyrrole nitrogens is 1. The molecule has 0 spiro atoms. The largest absolute Gasteiger partial charge is 0.497 e. The van der Waals surface area contributed by atoms with Gasteiger partial charge in [0.25, 0.3) is 0 Å². The maximum absolute atomic E-state index is 13.2. The number of nitrogens with one attached hydrogen (secondary N) is 1. The summed E-state index contributed by atoms with van der Waals surface area (Å²) in [5.74, 6) is 1.36. The van der Waals surface area contributed by atoms with Gasteiger partial charge in [-0.2, -0.15) is 0 Å². The fourth-order valence-corrected chi connectivity index (χ4v) is 5.89. The summed E-state index contributed by atoms with van der Waals surface area (Å²) >= 11 is 3.52. The molecule has 1 unspecified atom stereocenters. The van der Waals surface area contributed by atoms with Crippen LogP contribution in [0.5, 0.6) is 5.75 Å². The number of hydrogen-bond donors (Lipinski definition) is 1. The molecule has 6 heteroatoms. The van der Waals surface area contributed by atoms with Gasteiger partial charge in [0.15, 0.2) is 0 Å². The quantitative estimate of drug-likeness (QED) is 0.553. The van der Waals surface area contributed by atoms with E-state index < -0.39 is 11.0 Å². The summed E-state index contributed by atoms with van der Waals surface area (Å²) in [7, 11) is 0.604. The molecule has 2 heterocycles. The highest BCUT2D eigenvalue weighted by molar-refractivity contribution is 9.10. The average molecular weight is 461 g/mol.